The van der Waals surface area contributed by atoms with Crippen LogP contribution >= 0.6 is 0 Å². The first-order chi connectivity index (χ1) is 14.0. The van der Waals surface area contributed by atoms with Crippen molar-refractivity contribution in [2.75, 3.05) is 33.3 Å². The molecule has 158 valence electrons. The van der Waals surface area contributed by atoms with Gasteiger partial charge in [0.2, 0.25) is 11.8 Å². The standard InChI is InChI=1S/C22H32N4O3/c1-16(2)14-25-12-7-13-26(15-19(25)22-23-17(3)24-29-22)21(27)11-10-18-8-5-6-9-20(18)28-4/h5-6,8-9,16,19H,7,10-15H2,1-4H3. The normalized spacial score (nSPS) is 18.1. The fourth-order valence-electron chi connectivity index (χ4n) is 3.94. The molecular weight excluding hydrogens is 368 g/mol. The SMILES string of the molecule is COc1ccccc1CCC(=O)N1CCCN(CC(C)C)C(c2nc(C)no2)C1. The Labute approximate surface area is 173 Å². The minimum absolute atomic E-state index is 0.0590. The summed E-state index contributed by atoms with van der Waals surface area (Å²) in [7, 11) is 1.66. The van der Waals surface area contributed by atoms with Crippen LogP contribution in [0, 0.1) is 12.8 Å². The molecule has 1 atom stereocenters. The van der Waals surface area contributed by atoms with E-state index in [0.717, 1.165) is 37.4 Å². The number of nitrogens with zero attached hydrogens (tertiary/aromatic N) is 4. The summed E-state index contributed by atoms with van der Waals surface area (Å²) in [5.74, 6) is 2.74. The van der Waals surface area contributed by atoms with Crippen LogP contribution in [0.2, 0.25) is 0 Å². The van der Waals surface area contributed by atoms with Crippen molar-refractivity contribution in [2.24, 2.45) is 5.92 Å². The van der Waals surface area contributed by atoms with Gasteiger partial charge in [0.05, 0.1) is 7.11 Å². The summed E-state index contributed by atoms with van der Waals surface area (Å²) in [6.07, 6.45) is 2.07. The maximum Gasteiger partial charge on any atom is 0.245 e. The van der Waals surface area contributed by atoms with Gasteiger partial charge in [-0.15, -0.1) is 0 Å². The van der Waals surface area contributed by atoms with E-state index < -0.39 is 0 Å². The van der Waals surface area contributed by atoms with Gasteiger partial charge in [-0.3, -0.25) is 9.69 Å². The molecule has 3 rings (SSSR count). The number of carbonyl (C=O) groups is 1. The molecular formula is C22H32N4O3. The Hall–Kier alpha value is -2.41. The van der Waals surface area contributed by atoms with Crippen LogP contribution in [0.5, 0.6) is 5.75 Å². The number of ether oxygens (including phenoxy) is 1. The highest BCUT2D eigenvalue weighted by molar-refractivity contribution is 5.76. The highest BCUT2D eigenvalue weighted by Crippen LogP contribution is 2.26. The van der Waals surface area contributed by atoms with Crippen molar-refractivity contribution >= 4 is 5.91 Å². The number of hydrogen-bond acceptors (Lipinski definition) is 6. The molecule has 1 aliphatic heterocycles. The summed E-state index contributed by atoms with van der Waals surface area (Å²) < 4.78 is 10.9. The number of amides is 1. The van der Waals surface area contributed by atoms with Gasteiger partial charge in [0, 0.05) is 32.6 Å². The van der Waals surface area contributed by atoms with E-state index in [0.29, 0.717) is 37.0 Å². The molecule has 0 saturated carbocycles. The van der Waals surface area contributed by atoms with Gasteiger partial charge in [-0.25, -0.2) is 0 Å². The Balaban J connectivity index is 1.71. The van der Waals surface area contributed by atoms with Crippen molar-refractivity contribution in [3.63, 3.8) is 0 Å². The molecule has 1 unspecified atom stereocenters. The van der Waals surface area contributed by atoms with Crippen molar-refractivity contribution < 1.29 is 14.1 Å². The average molecular weight is 401 g/mol. The third kappa shape index (κ3) is 5.56. The van der Waals surface area contributed by atoms with Gasteiger partial charge in [-0.05, 0) is 37.3 Å². The van der Waals surface area contributed by atoms with E-state index in [2.05, 4.69) is 28.9 Å². The van der Waals surface area contributed by atoms with Gasteiger partial charge in [0.25, 0.3) is 0 Å². The van der Waals surface area contributed by atoms with E-state index in [-0.39, 0.29) is 11.9 Å². The topological polar surface area (TPSA) is 71.7 Å². The van der Waals surface area contributed by atoms with Crippen molar-refractivity contribution in [1.29, 1.82) is 0 Å². The highest BCUT2D eigenvalue weighted by Gasteiger charge is 2.32. The second-order valence-electron chi connectivity index (χ2n) is 8.09. The summed E-state index contributed by atoms with van der Waals surface area (Å²) in [5, 5.41) is 3.97. The third-order valence-electron chi connectivity index (χ3n) is 5.29. The number of aryl methyl sites for hydroxylation is 2. The molecule has 7 heteroatoms. The molecule has 0 radical (unpaired) electrons. The zero-order valence-corrected chi connectivity index (χ0v) is 17.9. The zero-order valence-electron chi connectivity index (χ0n) is 17.9. The van der Waals surface area contributed by atoms with Crippen LogP contribution in [0.3, 0.4) is 0 Å². The van der Waals surface area contributed by atoms with E-state index in [4.69, 9.17) is 9.26 Å². The molecule has 2 aromatic rings. The number of carbonyl (C=O) groups excluding carboxylic acids is 1. The lowest BCUT2D eigenvalue weighted by Crippen LogP contribution is -2.39. The van der Waals surface area contributed by atoms with E-state index >= 15 is 0 Å². The lowest BCUT2D eigenvalue weighted by molar-refractivity contribution is -0.131. The number of rotatable bonds is 7. The van der Waals surface area contributed by atoms with Crippen LogP contribution in [0.25, 0.3) is 0 Å². The quantitative estimate of drug-likeness (QED) is 0.710. The summed E-state index contributed by atoms with van der Waals surface area (Å²) >= 11 is 0. The Morgan fingerprint density at radius 1 is 1.31 bits per heavy atom. The maximum absolute atomic E-state index is 13.0. The van der Waals surface area contributed by atoms with Gasteiger partial charge in [-0.1, -0.05) is 37.2 Å². The Bertz CT molecular complexity index is 805. The molecule has 1 saturated heterocycles. The fraction of sp³-hybridized carbons (Fsp3) is 0.591. The number of benzene rings is 1. The Morgan fingerprint density at radius 3 is 2.79 bits per heavy atom. The van der Waals surface area contributed by atoms with Gasteiger partial charge in [0.1, 0.15) is 11.8 Å². The molecule has 29 heavy (non-hydrogen) atoms. The van der Waals surface area contributed by atoms with Crippen molar-refractivity contribution in [1.82, 2.24) is 19.9 Å². The van der Waals surface area contributed by atoms with Crippen LogP contribution in [0.15, 0.2) is 28.8 Å². The van der Waals surface area contributed by atoms with Crippen LogP contribution in [0.4, 0.5) is 0 Å². The molecule has 1 aromatic carbocycles. The second-order valence-corrected chi connectivity index (χ2v) is 8.09. The molecule has 1 fully saturated rings. The largest absolute Gasteiger partial charge is 0.496 e. The molecule has 0 aliphatic carbocycles. The first-order valence-corrected chi connectivity index (χ1v) is 10.4. The fourth-order valence-corrected chi connectivity index (χ4v) is 3.94. The second kappa shape index (κ2) is 9.87. The van der Waals surface area contributed by atoms with E-state index in [9.17, 15) is 4.79 Å². The van der Waals surface area contributed by atoms with Crippen LogP contribution < -0.4 is 4.74 Å². The Kier molecular flexibility index (Phi) is 7.25. The van der Waals surface area contributed by atoms with E-state index in [1.165, 1.54) is 0 Å². The predicted molar refractivity (Wildman–Crippen MR) is 111 cm³/mol. The van der Waals surface area contributed by atoms with Crippen LogP contribution in [0.1, 0.15) is 50.0 Å². The van der Waals surface area contributed by atoms with Crippen molar-refractivity contribution in [3.05, 3.63) is 41.5 Å². The molecule has 1 aromatic heterocycles. The summed E-state index contributed by atoms with van der Waals surface area (Å²) in [6.45, 7) is 9.43. The van der Waals surface area contributed by atoms with Gasteiger partial charge >= 0.3 is 0 Å². The number of hydrogen-bond donors (Lipinski definition) is 0. The number of aromatic nitrogens is 2. The van der Waals surface area contributed by atoms with Crippen LogP contribution in [-0.2, 0) is 11.2 Å². The summed E-state index contributed by atoms with van der Waals surface area (Å²) in [4.78, 5) is 21.8. The lowest BCUT2D eigenvalue weighted by Gasteiger charge is -2.30. The van der Waals surface area contributed by atoms with Crippen LogP contribution in [-0.4, -0.2) is 59.1 Å². The van der Waals surface area contributed by atoms with Gasteiger partial charge in [0.15, 0.2) is 5.82 Å². The Morgan fingerprint density at radius 2 is 2.10 bits per heavy atom. The van der Waals surface area contributed by atoms with E-state index in [1.54, 1.807) is 7.11 Å². The zero-order chi connectivity index (χ0) is 20.8. The summed E-state index contributed by atoms with van der Waals surface area (Å²) in [5.41, 5.74) is 1.06. The lowest BCUT2D eigenvalue weighted by atomic mass is 10.1. The number of methoxy groups -OCH3 is 1. The monoisotopic (exact) mass is 400 g/mol. The minimum atomic E-state index is -0.0590. The molecule has 7 nitrogen and oxygen atoms in total. The molecule has 0 spiro atoms. The first-order valence-electron chi connectivity index (χ1n) is 10.4. The summed E-state index contributed by atoms with van der Waals surface area (Å²) in [6, 6.07) is 7.81. The molecule has 1 aliphatic rings. The molecule has 0 bridgehead atoms. The third-order valence-corrected chi connectivity index (χ3v) is 5.29. The van der Waals surface area contributed by atoms with Crippen molar-refractivity contribution in [3.8, 4) is 5.75 Å². The van der Waals surface area contributed by atoms with Gasteiger partial charge < -0.3 is 14.2 Å². The molecule has 0 N–H and O–H groups in total. The number of para-hydroxylation sites is 1. The highest BCUT2D eigenvalue weighted by atomic mass is 16.5. The van der Waals surface area contributed by atoms with E-state index in [1.807, 2.05) is 36.1 Å². The van der Waals surface area contributed by atoms with Gasteiger partial charge in [-0.2, -0.15) is 4.98 Å². The predicted octanol–water partition coefficient (Wildman–Crippen LogP) is 3.25. The molecule has 2 heterocycles. The molecule has 1 amide bonds. The smallest absolute Gasteiger partial charge is 0.245 e. The minimum Gasteiger partial charge on any atom is -0.496 e. The maximum atomic E-state index is 13.0. The van der Waals surface area contributed by atoms with Crippen molar-refractivity contribution in [2.45, 2.75) is 46.1 Å². The first kappa shape index (κ1) is 21.3. The average Bonchev–Trinajstić information content (AvgIpc) is 3.02.